The molecule has 2 rings (SSSR count). The predicted molar refractivity (Wildman–Crippen MR) is 101 cm³/mol. The predicted octanol–water partition coefficient (Wildman–Crippen LogP) is 2.59. The molecule has 0 heterocycles. The van der Waals surface area contributed by atoms with E-state index in [0.29, 0.717) is 19.3 Å². The lowest BCUT2D eigenvalue weighted by Gasteiger charge is -2.14. The van der Waals surface area contributed by atoms with Gasteiger partial charge in [-0.3, -0.25) is 4.99 Å². The molecule has 0 bridgehead atoms. The van der Waals surface area contributed by atoms with Crippen molar-refractivity contribution in [2.75, 3.05) is 40.5 Å². The molecule has 1 aromatic rings. The van der Waals surface area contributed by atoms with Crippen LogP contribution in [-0.2, 0) is 4.74 Å². The third kappa shape index (κ3) is 7.65. The van der Waals surface area contributed by atoms with Crippen molar-refractivity contribution in [1.29, 1.82) is 0 Å². The minimum atomic E-state index is 0.493. The van der Waals surface area contributed by atoms with Gasteiger partial charge < -0.3 is 24.8 Å². The molecule has 1 aromatic carbocycles. The van der Waals surface area contributed by atoms with E-state index >= 15 is 0 Å². The molecule has 140 valence electrons. The lowest BCUT2D eigenvalue weighted by Crippen LogP contribution is -2.40. The van der Waals surface area contributed by atoms with Gasteiger partial charge in [0.2, 0.25) is 0 Å². The lowest BCUT2D eigenvalue weighted by molar-refractivity contribution is 0.0574. The Morgan fingerprint density at radius 2 is 1.72 bits per heavy atom. The van der Waals surface area contributed by atoms with Crippen LogP contribution in [-0.4, -0.2) is 52.5 Å². The van der Waals surface area contributed by atoms with E-state index in [2.05, 4.69) is 15.6 Å². The molecule has 0 radical (unpaired) electrons. The summed E-state index contributed by atoms with van der Waals surface area (Å²) in [5.41, 5.74) is 0. The molecule has 25 heavy (non-hydrogen) atoms. The molecular weight excluding hydrogens is 318 g/mol. The maximum Gasteiger partial charge on any atom is 0.191 e. The minimum absolute atomic E-state index is 0.493. The smallest absolute Gasteiger partial charge is 0.191 e. The zero-order valence-corrected chi connectivity index (χ0v) is 15.4. The van der Waals surface area contributed by atoms with Crippen LogP contribution in [0.2, 0.25) is 0 Å². The second kappa shape index (κ2) is 11.6. The summed E-state index contributed by atoms with van der Waals surface area (Å²) in [6.07, 6.45) is 6.57. The Balaban J connectivity index is 1.50. The molecule has 0 unspecified atom stereocenters. The molecule has 0 amide bonds. The van der Waals surface area contributed by atoms with Crippen LogP contribution in [0.3, 0.4) is 0 Å². The second-order valence-electron chi connectivity index (χ2n) is 6.08. The number of benzene rings is 1. The van der Waals surface area contributed by atoms with Crippen molar-refractivity contribution in [2.24, 2.45) is 4.99 Å². The lowest BCUT2D eigenvalue weighted by atomic mass is 10.3. The molecule has 1 aliphatic rings. The fourth-order valence-corrected chi connectivity index (χ4v) is 2.81. The Bertz CT molecular complexity index is 499. The molecule has 0 aliphatic heterocycles. The van der Waals surface area contributed by atoms with Gasteiger partial charge in [0.15, 0.2) is 5.96 Å². The molecule has 0 saturated heterocycles. The fraction of sp³-hybridized carbons (Fsp3) is 0.632. The van der Waals surface area contributed by atoms with Gasteiger partial charge >= 0.3 is 0 Å². The Kier molecular flexibility index (Phi) is 8.97. The zero-order valence-electron chi connectivity index (χ0n) is 15.4. The summed E-state index contributed by atoms with van der Waals surface area (Å²) >= 11 is 0. The number of aliphatic imine (C=N–C) groups is 1. The van der Waals surface area contributed by atoms with E-state index in [9.17, 15) is 0 Å². The van der Waals surface area contributed by atoms with Gasteiger partial charge in [-0.05, 0) is 43.5 Å². The quantitative estimate of drug-likeness (QED) is 0.386. The number of hydrogen-bond acceptors (Lipinski definition) is 4. The number of guanidine groups is 1. The minimum Gasteiger partial charge on any atom is -0.497 e. The van der Waals surface area contributed by atoms with E-state index in [1.54, 1.807) is 14.2 Å². The van der Waals surface area contributed by atoms with Crippen molar-refractivity contribution in [3.8, 4) is 11.5 Å². The van der Waals surface area contributed by atoms with Crippen LogP contribution >= 0.6 is 0 Å². The number of nitrogens with one attached hydrogen (secondary N) is 2. The largest absolute Gasteiger partial charge is 0.497 e. The molecular formula is C19H31N3O3. The summed E-state index contributed by atoms with van der Waals surface area (Å²) in [4.78, 5) is 4.21. The van der Waals surface area contributed by atoms with Crippen LogP contribution in [0.5, 0.6) is 11.5 Å². The number of nitrogens with zero attached hydrogens (tertiary/aromatic N) is 1. The molecule has 0 atom stereocenters. The van der Waals surface area contributed by atoms with E-state index in [4.69, 9.17) is 14.2 Å². The van der Waals surface area contributed by atoms with Gasteiger partial charge in [-0.15, -0.1) is 0 Å². The third-order valence-electron chi connectivity index (χ3n) is 4.22. The Hall–Kier alpha value is -1.95. The average molecular weight is 349 g/mol. The molecule has 2 N–H and O–H groups in total. The second-order valence-corrected chi connectivity index (χ2v) is 6.08. The van der Waals surface area contributed by atoms with Crippen LogP contribution in [0, 0.1) is 0 Å². The van der Waals surface area contributed by atoms with Crippen molar-refractivity contribution < 1.29 is 14.2 Å². The fourth-order valence-electron chi connectivity index (χ4n) is 2.81. The standard InChI is InChI=1S/C19H31N3O3/c1-20-19(21-12-5-14-24-17-6-3-4-7-17)22-13-15-25-18-10-8-16(23-2)9-11-18/h8-11,17H,3-7,12-15H2,1-2H3,(H2,20,21,22). The summed E-state index contributed by atoms with van der Waals surface area (Å²) in [6, 6.07) is 7.57. The highest BCUT2D eigenvalue weighted by Gasteiger charge is 2.14. The molecule has 1 aliphatic carbocycles. The van der Waals surface area contributed by atoms with Crippen molar-refractivity contribution in [2.45, 2.75) is 38.2 Å². The van der Waals surface area contributed by atoms with E-state index in [1.165, 1.54) is 25.7 Å². The maximum absolute atomic E-state index is 5.85. The number of hydrogen-bond donors (Lipinski definition) is 2. The first-order valence-electron chi connectivity index (χ1n) is 9.15. The van der Waals surface area contributed by atoms with Crippen molar-refractivity contribution in [3.63, 3.8) is 0 Å². The highest BCUT2D eigenvalue weighted by Crippen LogP contribution is 2.20. The molecule has 6 nitrogen and oxygen atoms in total. The van der Waals surface area contributed by atoms with Crippen molar-refractivity contribution in [3.05, 3.63) is 24.3 Å². The Morgan fingerprint density at radius 3 is 2.40 bits per heavy atom. The van der Waals surface area contributed by atoms with E-state index in [1.807, 2.05) is 24.3 Å². The first-order valence-corrected chi connectivity index (χ1v) is 9.15. The summed E-state index contributed by atoms with van der Waals surface area (Å²) in [5.74, 6) is 2.45. The van der Waals surface area contributed by atoms with Crippen LogP contribution in [0.25, 0.3) is 0 Å². The van der Waals surface area contributed by atoms with E-state index < -0.39 is 0 Å². The average Bonchev–Trinajstić information content (AvgIpc) is 3.17. The highest BCUT2D eigenvalue weighted by atomic mass is 16.5. The Labute approximate surface area is 151 Å². The molecule has 0 aromatic heterocycles. The van der Waals surface area contributed by atoms with Crippen LogP contribution < -0.4 is 20.1 Å². The van der Waals surface area contributed by atoms with Crippen molar-refractivity contribution in [1.82, 2.24) is 10.6 Å². The van der Waals surface area contributed by atoms with Gasteiger partial charge in [0.25, 0.3) is 0 Å². The van der Waals surface area contributed by atoms with Crippen LogP contribution in [0.4, 0.5) is 0 Å². The van der Waals surface area contributed by atoms with Gasteiger partial charge in [-0.2, -0.15) is 0 Å². The highest BCUT2D eigenvalue weighted by molar-refractivity contribution is 5.79. The van der Waals surface area contributed by atoms with E-state index in [-0.39, 0.29) is 0 Å². The van der Waals surface area contributed by atoms with E-state index in [0.717, 1.165) is 37.0 Å². The summed E-state index contributed by atoms with van der Waals surface area (Å²) in [7, 11) is 3.42. The van der Waals surface area contributed by atoms with Gasteiger partial charge in [-0.25, -0.2) is 0 Å². The molecule has 6 heteroatoms. The van der Waals surface area contributed by atoms with Gasteiger partial charge in [0.1, 0.15) is 18.1 Å². The van der Waals surface area contributed by atoms with Crippen LogP contribution in [0.1, 0.15) is 32.1 Å². The topological polar surface area (TPSA) is 64.1 Å². The van der Waals surface area contributed by atoms with Gasteiger partial charge in [0.05, 0.1) is 19.8 Å². The third-order valence-corrected chi connectivity index (χ3v) is 4.22. The first kappa shape index (κ1) is 19.4. The van der Waals surface area contributed by atoms with Gasteiger partial charge in [-0.1, -0.05) is 12.8 Å². The SMILES string of the molecule is CN=C(NCCCOC1CCCC1)NCCOc1ccc(OC)cc1. The molecule has 1 saturated carbocycles. The number of rotatable bonds is 10. The van der Waals surface area contributed by atoms with Crippen LogP contribution in [0.15, 0.2) is 29.3 Å². The maximum atomic E-state index is 5.85. The monoisotopic (exact) mass is 349 g/mol. The first-order chi connectivity index (χ1) is 12.3. The molecule has 1 fully saturated rings. The summed E-state index contributed by atoms with van der Waals surface area (Å²) < 4.78 is 16.7. The van der Waals surface area contributed by atoms with Crippen molar-refractivity contribution >= 4 is 5.96 Å². The number of ether oxygens (including phenoxy) is 3. The number of methoxy groups -OCH3 is 1. The zero-order chi connectivity index (χ0) is 17.7. The Morgan fingerprint density at radius 1 is 1.04 bits per heavy atom. The summed E-state index contributed by atoms with van der Waals surface area (Å²) in [6.45, 7) is 2.92. The van der Waals surface area contributed by atoms with Gasteiger partial charge in [0, 0.05) is 20.2 Å². The molecule has 0 spiro atoms. The normalized spacial score (nSPS) is 15.2. The summed E-state index contributed by atoms with van der Waals surface area (Å²) in [5, 5.41) is 6.54.